The van der Waals surface area contributed by atoms with E-state index in [9.17, 15) is 0 Å². The van der Waals surface area contributed by atoms with Crippen molar-refractivity contribution in [3.8, 4) is 0 Å². The molecule has 0 spiro atoms. The van der Waals surface area contributed by atoms with Gasteiger partial charge < -0.3 is 0 Å². The van der Waals surface area contributed by atoms with Gasteiger partial charge in [0.05, 0.1) is 32.9 Å². The highest BCUT2D eigenvalue weighted by atomic mass is 31.1. The van der Waals surface area contributed by atoms with Crippen LogP contribution in [0.25, 0.3) is 32.7 Å². The second kappa shape index (κ2) is 7.54. The average Bonchev–Trinajstić information content (AvgIpc) is 2.84. The minimum atomic E-state index is -0.999. The molecule has 0 N–H and O–H groups in total. The van der Waals surface area contributed by atoms with Crippen molar-refractivity contribution in [3.05, 3.63) is 109 Å². The third kappa shape index (κ3) is 3.34. The van der Waals surface area contributed by atoms with E-state index in [0.717, 1.165) is 49.0 Å². The van der Waals surface area contributed by atoms with Crippen LogP contribution in [0.2, 0.25) is 0 Å². The normalized spacial score (nSPS) is 11.5. The molecular formula is C27H18N3P. The number of hydrogen-bond acceptors (Lipinski definition) is 3. The maximum absolute atomic E-state index is 5.04. The Labute approximate surface area is 181 Å². The zero-order chi connectivity index (χ0) is 20.6. The van der Waals surface area contributed by atoms with Gasteiger partial charge in [-0.3, -0.25) is 0 Å². The van der Waals surface area contributed by atoms with Gasteiger partial charge in [0.25, 0.3) is 0 Å². The standard InChI is InChI=1S/C27H18N3P/c1-4-10-22-19(7-1)13-16-25(28-22)31(26-17-14-20-8-2-5-11-23(20)29-26)27-18-15-21-9-3-6-12-24(21)30-27/h1-18H. The first-order chi connectivity index (χ1) is 15.3. The van der Waals surface area contributed by atoms with Gasteiger partial charge in [0.15, 0.2) is 0 Å². The fourth-order valence-corrected chi connectivity index (χ4v) is 5.89. The Morgan fingerprint density at radius 3 is 1.03 bits per heavy atom. The van der Waals surface area contributed by atoms with E-state index in [1.165, 1.54) is 0 Å². The lowest BCUT2D eigenvalue weighted by Gasteiger charge is -2.18. The molecule has 0 saturated carbocycles. The first-order valence-corrected chi connectivity index (χ1v) is 11.6. The first kappa shape index (κ1) is 18.1. The molecule has 6 rings (SSSR count). The van der Waals surface area contributed by atoms with E-state index < -0.39 is 7.92 Å². The van der Waals surface area contributed by atoms with Gasteiger partial charge in [0.1, 0.15) is 0 Å². The van der Waals surface area contributed by atoms with Gasteiger partial charge >= 0.3 is 0 Å². The van der Waals surface area contributed by atoms with Gasteiger partial charge in [-0.2, -0.15) is 0 Å². The zero-order valence-electron chi connectivity index (χ0n) is 16.7. The quantitative estimate of drug-likeness (QED) is 0.378. The Morgan fingerprint density at radius 2 is 0.677 bits per heavy atom. The van der Waals surface area contributed by atoms with Crippen molar-refractivity contribution < 1.29 is 0 Å². The topological polar surface area (TPSA) is 38.7 Å². The zero-order valence-corrected chi connectivity index (χ0v) is 17.6. The number of rotatable bonds is 3. The number of pyridine rings is 3. The molecule has 0 aliphatic carbocycles. The van der Waals surface area contributed by atoms with Crippen LogP contribution in [0.1, 0.15) is 0 Å². The molecule has 0 bridgehead atoms. The number of hydrogen-bond donors (Lipinski definition) is 0. The fraction of sp³-hybridized carbons (Fsp3) is 0. The molecule has 0 amide bonds. The van der Waals surface area contributed by atoms with Gasteiger partial charge in [-0.05, 0) is 36.4 Å². The van der Waals surface area contributed by atoms with Crippen molar-refractivity contribution in [2.75, 3.05) is 0 Å². The SMILES string of the molecule is c1ccc2nc(P(c3ccc4ccccc4n3)c3ccc4ccccc4n3)ccc2c1. The van der Waals surface area contributed by atoms with E-state index in [-0.39, 0.29) is 0 Å². The van der Waals surface area contributed by atoms with E-state index in [0.29, 0.717) is 0 Å². The molecule has 3 aromatic heterocycles. The van der Waals surface area contributed by atoms with Gasteiger partial charge in [0.2, 0.25) is 0 Å². The van der Waals surface area contributed by atoms with Crippen molar-refractivity contribution in [2.45, 2.75) is 0 Å². The Morgan fingerprint density at radius 1 is 0.355 bits per heavy atom. The monoisotopic (exact) mass is 415 g/mol. The molecule has 0 aliphatic heterocycles. The molecule has 3 nitrogen and oxygen atoms in total. The fourth-order valence-electron chi connectivity index (χ4n) is 3.89. The third-order valence-corrected chi connectivity index (χ3v) is 7.56. The Bertz CT molecular complexity index is 1370. The van der Waals surface area contributed by atoms with Crippen molar-refractivity contribution in [2.24, 2.45) is 0 Å². The van der Waals surface area contributed by atoms with E-state index in [2.05, 4.69) is 72.8 Å². The van der Waals surface area contributed by atoms with Gasteiger partial charge in [-0.25, -0.2) is 15.0 Å². The molecule has 0 aliphatic rings. The van der Waals surface area contributed by atoms with Crippen molar-refractivity contribution in [3.63, 3.8) is 0 Å². The van der Waals surface area contributed by atoms with E-state index in [4.69, 9.17) is 15.0 Å². The lowest BCUT2D eigenvalue weighted by Crippen LogP contribution is -2.26. The predicted octanol–water partition coefficient (Wildman–Crippen LogP) is 5.09. The van der Waals surface area contributed by atoms with Crippen LogP contribution in [0.5, 0.6) is 0 Å². The van der Waals surface area contributed by atoms with Crippen LogP contribution in [0.4, 0.5) is 0 Å². The highest BCUT2D eigenvalue weighted by Crippen LogP contribution is 2.32. The molecule has 3 aromatic carbocycles. The van der Waals surface area contributed by atoms with Crippen LogP contribution in [0.15, 0.2) is 109 Å². The number of para-hydroxylation sites is 3. The summed E-state index contributed by atoms with van der Waals surface area (Å²) in [5.74, 6) is 0. The summed E-state index contributed by atoms with van der Waals surface area (Å²) in [6.07, 6.45) is 0. The lowest BCUT2D eigenvalue weighted by atomic mass is 10.2. The molecule has 0 saturated heterocycles. The summed E-state index contributed by atoms with van der Waals surface area (Å²) in [6.45, 7) is 0. The summed E-state index contributed by atoms with van der Waals surface area (Å²) < 4.78 is 0. The van der Waals surface area contributed by atoms with Crippen LogP contribution in [-0.4, -0.2) is 15.0 Å². The number of benzene rings is 3. The Hall–Kier alpha value is -3.68. The van der Waals surface area contributed by atoms with Crippen molar-refractivity contribution >= 4 is 56.9 Å². The van der Waals surface area contributed by atoms with Crippen LogP contribution in [-0.2, 0) is 0 Å². The maximum atomic E-state index is 5.04. The largest absolute Gasteiger partial charge is 0.247 e. The summed E-state index contributed by atoms with van der Waals surface area (Å²) >= 11 is 0. The molecule has 4 heteroatoms. The molecular weight excluding hydrogens is 397 g/mol. The maximum Gasteiger partial charge on any atom is 0.0761 e. The van der Waals surface area contributed by atoms with Gasteiger partial charge in [-0.1, -0.05) is 72.8 Å². The van der Waals surface area contributed by atoms with Crippen molar-refractivity contribution in [1.82, 2.24) is 15.0 Å². The molecule has 0 fully saturated rings. The summed E-state index contributed by atoms with van der Waals surface area (Å²) in [5.41, 5.74) is 6.02. The molecule has 0 unspecified atom stereocenters. The van der Waals surface area contributed by atoms with Crippen LogP contribution < -0.4 is 16.3 Å². The second-order valence-electron chi connectivity index (χ2n) is 7.42. The molecule has 0 radical (unpaired) electrons. The van der Waals surface area contributed by atoms with Gasteiger partial charge in [-0.15, -0.1) is 0 Å². The number of nitrogens with zero attached hydrogens (tertiary/aromatic N) is 3. The molecule has 0 atom stereocenters. The summed E-state index contributed by atoms with van der Waals surface area (Å²) in [7, 11) is -0.999. The Kier molecular flexibility index (Phi) is 4.40. The Balaban J connectivity index is 1.59. The number of aromatic nitrogens is 3. The van der Waals surface area contributed by atoms with Crippen LogP contribution in [0, 0.1) is 0 Å². The van der Waals surface area contributed by atoms with E-state index in [1.807, 2.05) is 36.4 Å². The minimum Gasteiger partial charge on any atom is -0.247 e. The smallest absolute Gasteiger partial charge is 0.0761 e. The highest BCUT2D eigenvalue weighted by molar-refractivity contribution is 7.79. The van der Waals surface area contributed by atoms with Crippen LogP contribution >= 0.6 is 7.92 Å². The predicted molar refractivity (Wildman–Crippen MR) is 131 cm³/mol. The summed E-state index contributed by atoms with van der Waals surface area (Å²) in [5, 5.41) is 3.41. The summed E-state index contributed by atoms with van der Waals surface area (Å²) in [6, 6.07) is 37.5. The minimum absolute atomic E-state index is 0.995. The van der Waals surface area contributed by atoms with E-state index >= 15 is 0 Å². The molecule has 146 valence electrons. The first-order valence-electron chi connectivity index (χ1n) is 10.2. The highest BCUT2D eigenvalue weighted by Gasteiger charge is 2.22. The average molecular weight is 415 g/mol. The van der Waals surface area contributed by atoms with E-state index in [1.54, 1.807) is 0 Å². The molecule has 31 heavy (non-hydrogen) atoms. The third-order valence-electron chi connectivity index (χ3n) is 5.44. The molecule has 3 heterocycles. The van der Waals surface area contributed by atoms with Crippen LogP contribution in [0.3, 0.4) is 0 Å². The second-order valence-corrected chi connectivity index (χ2v) is 9.47. The lowest BCUT2D eigenvalue weighted by molar-refractivity contribution is 1.44. The number of fused-ring (bicyclic) bond motifs is 3. The molecule has 6 aromatic rings. The van der Waals surface area contributed by atoms with Gasteiger partial charge in [0, 0.05) is 24.1 Å². The summed E-state index contributed by atoms with van der Waals surface area (Å²) in [4.78, 5) is 15.1. The van der Waals surface area contributed by atoms with Crippen molar-refractivity contribution in [1.29, 1.82) is 0 Å².